The van der Waals surface area contributed by atoms with E-state index in [4.69, 9.17) is 4.74 Å². The first-order chi connectivity index (χ1) is 8.95. The summed E-state index contributed by atoms with van der Waals surface area (Å²) < 4.78 is 44.5. The van der Waals surface area contributed by atoms with Crippen LogP contribution >= 0.6 is 0 Å². The SMILES string of the molecule is COc1ccc(S(=O)(=O)N2CCNC(C)C2)cc1F. The van der Waals surface area contributed by atoms with Gasteiger partial charge in [-0.25, -0.2) is 12.8 Å². The second kappa shape index (κ2) is 5.44. The molecule has 19 heavy (non-hydrogen) atoms. The third kappa shape index (κ3) is 2.88. The van der Waals surface area contributed by atoms with E-state index >= 15 is 0 Å². The minimum Gasteiger partial charge on any atom is -0.494 e. The van der Waals surface area contributed by atoms with E-state index in [1.165, 1.54) is 23.5 Å². The summed E-state index contributed by atoms with van der Waals surface area (Å²) in [5.41, 5.74) is 0. The molecule has 0 aromatic heterocycles. The lowest BCUT2D eigenvalue weighted by atomic mass is 10.3. The smallest absolute Gasteiger partial charge is 0.243 e. The van der Waals surface area contributed by atoms with Gasteiger partial charge in [0, 0.05) is 25.7 Å². The summed E-state index contributed by atoms with van der Waals surface area (Å²) >= 11 is 0. The summed E-state index contributed by atoms with van der Waals surface area (Å²) in [7, 11) is -2.31. The van der Waals surface area contributed by atoms with E-state index in [1.807, 2.05) is 6.92 Å². The van der Waals surface area contributed by atoms with Crippen molar-refractivity contribution >= 4 is 10.0 Å². The van der Waals surface area contributed by atoms with Crippen molar-refractivity contribution in [2.45, 2.75) is 17.9 Å². The van der Waals surface area contributed by atoms with Crippen molar-refractivity contribution in [2.75, 3.05) is 26.7 Å². The second-order valence-corrected chi connectivity index (χ2v) is 6.45. The monoisotopic (exact) mass is 288 g/mol. The molecule has 0 bridgehead atoms. The van der Waals surface area contributed by atoms with E-state index in [2.05, 4.69) is 5.32 Å². The molecule has 0 radical (unpaired) electrons. The summed E-state index contributed by atoms with van der Waals surface area (Å²) in [4.78, 5) is -0.0418. The number of nitrogens with zero attached hydrogens (tertiary/aromatic N) is 1. The van der Waals surface area contributed by atoms with Crippen LogP contribution in [0.25, 0.3) is 0 Å². The largest absolute Gasteiger partial charge is 0.494 e. The zero-order valence-corrected chi connectivity index (χ0v) is 11.7. The molecule has 106 valence electrons. The normalized spacial score (nSPS) is 21.3. The zero-order valence-electron chi connectivity index (χ0n) is 10.9. The molecule has 0 amide bonds. The minimum atomic E-state index is -3.64. The Kier molecular flexibility index (Phi) is 4.07. The van der Waals surface area contributed by atoms with E-state index < -0.39 is 15.8 Å². The Balaban J connectivity index is 2.31. The number of ether oxygens (including phenoxy) is 1. The Morgan fingerprint density at radius 2 is 2.21 bits per heavy atom. The summed E-state index contributed by atoms with van der Waals surface area (Å²) in [6.45, 7) is 3.28. The van der Waals surface area contributed by atoms with Gasteiger partial charge in [0.15, 0.2) is 11.6 Å². The lowest BCUT2D eigenvalue weighted by Crippen LogP contribution is -2.51. The first kappa shape index (κ1) is 14.2. The number of hydrogen-bond donors (Lipinski definition) is 1. The predicted molar refractivity (Wildman–Crippen MR) is 69.2 cm³/mol. The van der Waals surface area contributed by atoms with Gasteiger partial charge in [0.2, 0.25) is 10.0 Å². The van der Waals surface area contributed by atoms with Crippen LogP contribution in [-0.2, 0) is 10.0 Å². The highest BCUT2D eigenvalue weighted by molar-refractivity contribution is 7.89. The Bertz CT molecular complexity index is 562. The van der Waals surface area contributed by atoms with Crippen molar-refractivity contribution < 1.29 is 17.5 Å². The Morgan fingerprint density at radius 3 is 2.79 bits per heavy atom. The molecule has 1 heterocycles. The fourth-order valence-electron chi connectivity index (χ4n) is 2.07. The quantitative estimate of drug-likeness (QED) is 0.894. The summed E-state index contributed by atoms with van der Waals surface area (Å²) in [5.74, 6) is -0.639. The Morgan fingerprint density at radius 1 is 1.47 bits per heavy atom. The zero-order chi connectivity index (χ0) is 14.0. The standard InChI is InChI=1S/C12H17FN2O3S/c1-9-8-15(6-5-14-9)19(16,17)10-3-4-12(18-2)11(13)7-10/h3-4,7,9,14H,5-6,8H2,1-2H3. The topological polar surface area (TPSA) is 58.6 Å². The number of nitrogens with one attached hydrogen (secondary N) is 1. The van der Waals surface area contributed by atoms with Crippen LogP contribution in [0.1, 0.15) is 6.92 Å². The molecule has 0 aliphatic carbocycles. The molecule has 5 nitrogen and oxygen atoms in total. The molecule has 2 rings (SSSR count). The minimum absolute atomic E-state index is 0.0348. The number of methoxy groups -OCH3 is 1. The Labute approximate surface area is 112 Å². The maximum atomic E-state index is 13.6. The molecule has 1 fully saturated rings. The highest BCUT2D eigenvalue weighted by atomic mass is 32.2. The first-order valence-electron chi connectivity index (χ1n) is 6.02. The molecule has 1 aromatic carbocycles. The van der Waals surface area contributed by atoms with Crippen molar-refractivity contribution in [1.82, 2.24) is 9.62 Å². The molecular weight excluding hydrogens is 271 g/mol. The van der Waals surface area contributed by atoms with Crippen LogP contribution in [0.4, 0.5) is 4.39 Å². The van der Waals surface area contributed by atoms with Gasteiger partial charge >= 0.3 is 0 Å². The summed E-state index contributed by atoms with van der Waals surface area (Å²) in [6, 6.07) is 3.78. The van der Waals surface area contributed by atoms with Gasteiger partial charge in [0.05, 0.1) is 12.0 Å². The van der Waals surface area contributed by atoms with Crippen LogP contribution in [0.2, 0.25) is 0 Å². The fraction of sp³-hybridized carbons (Fsp3) is 0.500. The lowest BCUT2D eigenvalue weighted by Gasteiger charge is -2.31. The fourth-order valence-corrected chi connectivity index (χ4v) is 3.61. The lowest BCUT2D eigenvalue weighted by molar-refractivity contribution is 0.310. The number of piperazine rings is 1. The molecule has 7 heteroatoms. The average Bonchev–Trinajstić information content (AvgIpc) is 2.38. The molecule has 1 unspecified atom stereocenters. The number of hydrogen-bond acceptors (Lipinski definition) is 4. The molecule has 1 saturated heterocycles. The van der Waals surface area contributed by atoms with Gasteiger partial charge in [-0.05, 0) is 25.1 Å². The van der Waals surface area contributed by atoms with Gasteiger partial charge in [-0.15, -0.1) is 0 Å². The van der Waals surface area contributed by atoms with Crippen molar-refractivity contribution in [3.63, 3.8) is 0 Å². The maximum Gasteiger partial charge on any atom is 0.243 e. The van der Waals surface area contributed by atoms with Crippen molar-refractivity contribution in [3.05, 3.63) is 24.0 Å². The van der Waals surface area contributed by atoms with Gasteiger partial charge in [-0.2, -0.15) is 4.31 Å². The Hall–Kier alpha value is -1.18. The molecule has 1 aliphatic rings. The van der Waals surface area contributed by atoms with E-state index in [0.717, 1.165) is 6.07 Å². The van der Waals surface area contributed by atoms with Gasteiger partial charge in [0.25, 0.3) is 0 Å². The highest BCUT2D eigenvalue weighted by Gasteiger charge is 2.29. The molecule has 1 atom stereocenters. The third-order valence-electron chi connectivity index (χ3n) is 3.09. The van der Waals surface area contributed by atoms with Crippen molar-refractivity contribution in [3.8, 4) is 5.75 Å². The molecule has 0 saturated carbocycles. The number of benzene rings is 1. The van der Waals surface area contributed by atoms with E-state index in [-0.39, 0.29) is 16.7 Å². The van der Waals surface area contributed by atoms with Gasteiger partial charge < -0.3 is 10.1 Å². The van der Waals surface area contributed by atoms with E-state index in [9.17, 15) is 12.8 Å². The van der Waals surface area contributed by atoms with Crippen LogP contribution in [0.5, 0.6) is 5.75 Å². The van der Waals surface area contributed by atoms with Crippen LogP contribution in [0.3, 0.4) is 0 Å². The summed E-state index contributed by atoms with van der Waals surface area (Å²) in [5, 5.41) is 3.16. The van der Waals surface area contributed by atoms with E-state index in [0.29, 0.717) is 19.6 Å². The van der Waals surface area contributed by atoms with E-state index in [1.54, 1.807) is 0 Å². The predicted octanol–water partition coefficient (Wildman–Crippen LogP) is 0.817. The number of rotatable bonds is 3. The van der Waals surface area contributed by atoms with Crippen molar-refractivity contribution in [1.29, 1.82) is 0 Å². The van der Waals surface area contributed by atoms with Crippen molar-refractivity contribution in [2.24, 2.45) is 0 Å². The molecule has 0 spiro atoms. The molecular formula is C12H17FN2O3S. The molecule has 1 aromatic rings. The third-order valence-corrected chi connectivity index (χ3v) is 4.95. The van der Waals surface area contributed by atoms with Gasteiger partial charge in [0.1, 0.15) is 0 Å². The van der Waals surface area contributed by atoms with Crippen LogP contribution in [0.15, 0.2) is 23.1 Å². The number of halogens is 1. The van der Waals surface area contributed by atoms with Crippen LogP contribution < -0.4 is 10.1 Å². The maximum absolute atomic E-state index is 13.6. The highest BCUT2D eigenvalue weighted by Crippen LogP contribution is 2.23. The molecule has 1 aliphatic heterocycles. The summed E-state index contributed by atoms with van der Waals surface area (Å²) in [6.07, 6.45) is 0. The van der Waals surface area contributed by atoms with Crippen LogP contribution in [0, 0.1) is 5.82 Å². The van der Waals surface area contributed by atoms with Gasteiger partial charge in [-0.1, -0.05) is 0 Å². The second-order valence-electron chi connectivity index (χ2n) is 4.51. The number of sulfonamides is 1. The average molecular weight is 288 g/mol. The molecule has 1 N–H and O–H groups in total. The van der Waals surface area contributed by atoms with Gasteiger partial charge in [-0.3, -0.25) is 0 Å². The van der Waals surface area contributed by atoms with Crippen LogP contribution in [-0.4, -0.2) is 45.5 Å². The first-order valence-corrected chi connectivity index (χ1v) is 7.46.